The molecule has 8 nitrogen and oxygen atoms in total. The molecule has 3 aliphatic heterocycles. The number of carbonyl (C=O) groups excluding carboxylic acids is 1. The van der Waals surface area contributed by atoms with E-state index < -0.39 is 0 Å². The third kappa shape index (κ3) is 5.06. The molecule has 0 atom stereocenters. The lowest BCUT2D eigenvalue weighted by Gasteiger charge is -2.40. The van der Waals surface area contributed by atoms with Crippen LogP contribution in [-0.4, -0.2) is 87.5 Å². The summed E-state index contributed by atoms with van der Waals surface area (Å²) in [7, 11) is 0. The molecule has 1 aromatic carbocycles. The summed E-state index contributed by atoms with van der Waals surface area (Å²) in [6.45, 7) is 9.08. The lowest BCUT2D eigenvalue weighted by molar-refractivity contribution is 0.0115. The fourth-order valence-electron chi connectivity index (χ4n) is 4.65. The molecule has 3 aliphatic rings. The number of hydrogen-bond donors (Lipinski definition) is 1. The number of nitrogens with zero attached hydrogens (tertiary/aromatic N) is 4. The fraction of sp³-hybridized carbons (Fsp3) is 0.565. The first-order chi connectivity index (χ1) is 15.8. The SMILES string of the molecule is O=C(Nc1ccc(N2CCOCC2)cc1)c1cnc(N2CCC(N3CCOCC3)CC2)s1. The van der Waals surface area contributed by atoms with Gasteiger partial charge in [0.15, 0.2) is 5.13 Å². The average Bonchev–Trinajstić information content (AvgIpc) is 3.36. The molecule has 0 unspecified atom stereocenters. The van der Waals surface area contributed by atoms with Gasteiger partial charge < -0.3 is 24.6 Å². The summed E-state index contributed by atoms with van der Waals surface area (Å²) in [5, 5.41) is 3.95. The molecule has 1 aromatic heterocycles. The molecule has 32 heavy (non-hydrogen) atoms. The molecule has 172 valence electrons. The number of anilines is 3. The van der Waals surface area contributed by atoms with E-state index >= 15 is 0 Å². The van der Waals surface area contributed by atoms with Crippen molar-refractivity contribution >= 4 is 33.8 Å². The number of aromatic nitrogens is 1. The Kier molecular flexibility index (Phi) is 6.87. The predicted molar refractivity (Wildman–Crippen MR) is 127 cm³/mol. The zero-order valence-electron chi connectivity index (χ0n) is 18.4. The third-order valence-corrected chi connectivity index (χ3v) is 7.57. The van der Waals surface area contributed by atoms with E-state index in [0.717, 1.165) is 95.0 Å². The van der Waals surface area contributed by atoms with Crippen LogP contribution in [0.1, 0.15) is 22.5 Å². The molecular weight excluding hydrogens is 426 g/mol. The smallest absolute Gasteiger partial charge is 0.267 e. The van der Waals surface area contributed by atoms with Crippen LogP contribution >= 0.6 is 11.3 Å². The van der Waals surface area contributed by atoms with Crippen molar-refractivity contribution in [3.63, 3.8) is 0 Å². The monoisotopic (exact) mass is 457 g/mol. The van der Waals surface area contributed by atoms with Crippen LogP contribution in [-0.2, 0) is 9.47 Å². The van der Waals surface area contributed by atoms with Gasteiger partial charge >= 0.3 is 0 Å². The number of carbonyl (C=O) groups is 1. The molecule has 0 bridgehead atoms. The summed E-state index contributed by atoms with van der Waals surface area (Å²) >= 11 is 1.48. The van der Waals surface area contributed by atoms with Crippen LogP contribution in [0.15, 0.2) is 30.5 Å². The molecule has 0 spiro atoms. The van der Waals surface area contributed by atoms with E-state index in [-0.39, 0.29) is 5.91 Å². The molecule has 2 aromatic rings. The lowest BCUT2D eigenvalue weighted by atomic mass is 10.0. The quantitative estimate of drug-likeness (QED) is 0.740. The Bertz CT molecular complexity index is 885. The standard InChI is InChI=1S/C23H31N5O3S/c29-22(25-18-1-3-19(4-2-18)26-9-13-30-14-10-26)21-17-24-23(32-21)28-7-5-20(6-8-28)27-11-15-31-16-12-27/h1-4,17,20H,5-16H2,(H,25,29). The summed E-state index contributed by atoms with van der Waals surface area (Å²) < 4.78 is 10.9. The zero-order valence-corrected chi connectivity index (χ0v) is 19.2. The first-order valence-corrected chi connectivity index (χ1v) is 12.3. The fourth-order valence-corrected chi connectivity index (χ4v) is 5.51. The van der Waals surface area contributed by atoms with Crippen LogP contribution in [0.3, 0.4) is 0 Å². The van der Waals surface area contributed by atoms with Gasteiger partial charge in [0, 0.05) is 56.7 Å². The second kappa shape index (κ2) is 10.2. The summed E-state index contributed by atoms with van der Waals surface area (Å²) in [4.78, 5) is 25.1. The molecule has 0 radical (unpaired) electrons. The summed E-state index contributed by atoms with van der Waals surface area (Å²) in [6.07, 6.45) is 3.97. The third-order valence-electron chi connectivity index (χ3n) is 6.52. The van der Waals surface area contributed by atoms with Crippen LogP contribution in [0.2, 0.25) is 0 Å². The van der Waals surface area contributed by atoms with Crippen molar-refractivity contribution < 1.29 is 14.3 Å². The van der Waals surface area contributed by atoms with Crippen LogP contribution in [0, 0.1) is 0 Å². The van der Waals surface area contributed by atoms with Crippen molar-refractivity contribution in [1.82, 2.24) is 9.88 Å². The second-order valence-corrected chi connectivity index (χ2v) is 9.48. The van der Waals surface area contributed by atoms with Gasteiger partial charge in [0.1, 0.15) is 4.88 Å². The molecule has 3 fully saturated rings. The molecule has 0 aliphatic carbocycles. The van der Waals surface area contributed by atoms with Crippen molar-refractivity contribution in [2.75, 3.05) is 80.8 Å². The first kappa shape index (κ1) is 21.6. The Morgan fingerprint density at radius 2 is 1.56 bits per heavy atom. The van der Waals surface area contributed by atoms with E-state index in [9.17, 15) is 4.79 Å². The molecule has 9 heteroatoms. The van der Waals surface area contributed by atoms with Gasteiger partial charge in [0.25, 0.3) is 5.91 Å². The molecule has 0 saturated carbocycles. The zero-order chi connectivity index (χ0) is 21.8. The topological polar surface area (TPSA) is 70.2 Å². The van der Waals surface area contributed by atoms with Crippen LogP contribution < -0.4 is 15.1 Å². The Morgan fingerprint density at radius 3 is 2.25 bits per heavy atom. The highest BCUT2D eigenvalue weighted by Gasteiger charge is 2.27. The summed E-state index contributed by atoms with van der Waals surface area (Å²) in [6, 6.07) is 8.66. The highest BCUT2D eigenvalue weighted by Crippen LogP contribution is 2.28. The maximum absolute atomic E-state index is 12.8. The summed E-state index contributed by atoms with van der Waals surface area (Å²) in [5.41, 5.74) is 1.96. The van der Waals surface area contributed by atoms with Gasteiger partial charge in [-0.05, 0) is 37.1 Å². The Labute approximate surface area is 193 Å². The molecular formula is C23H31N5O3S. The van der Waals surface area contributed by atoms with Gasteiger partial charge in [0.2, 0.25) is 0 Å². The van der Waals surface area contributed by atoms with Crippen LogP contribution in [0.5, 0.6) is 0 Å². The minimum absolute atomic E-state index is 0.101. The average molecular weight is 458 g/mol. The number of amides is 1. The van der Waals surface area contributed by atoms with E-state index in [4.69, 9.17) is 9.47 Å². The number of nitrogens with one attached hydrogen (secondary N) is 1. The highest BCUT2D eigenvalue weighted by molar-refractivity contribution is 7.17. The van der Waals surface area contributed by atoms with E-state index in [0.29, 0.717) is 10.9 Å². The normalized spacial score (nSPS) is 21.0. The van der Waals surface area contributed by atoms with Crippen molar-refractivity contribution in [2.24, 2.45) is 0 Å². The number of thiazole rings is 1. The maximum atomic E-state index is 12.8. The van der Waals surface area contributed by atoms with E-state index in [2.05, 4.69) is 37.1 Å². The number of piperidine rings is 1. The highest BCUT2D eigenvalue weighted by atomic mass is 32.1. The van der Waals surface area contributed by atoms with Gasteiger partial charge in [-0.2, -0.15) is 0 Å². The summed E-state index contributed by atoms with van der Waals surface area (Å²) in [5.74, 6) is -0.101. The van der Waals surface area contributed by atoms with Gasteiger partial charge in [0.05, 0.1) is 32.6 Å². The Hall–Kier alpha value is -2.20. The van der Waals surface area contributed by atoms with Crippen LogP contribution in [0.25, 0.3) is 0 Å². The molecule has 1 amide bonds. The molecule has 1 N–H and O–H groups in total. The van der Waals surface area contributed by atoms with Crippen LogP contribution in [0.4, 0.5) is 16.5 Å². The van der Waals surface area contributed by atoms with Crippen molar-refractivity contribution in [3.8, 4) is 0 Å². The van der Waals surface area contributed by atoms with Crippen molar-refractivity contribution in [1.29, 1.82) is 0 Å². The minimum atomic E-state index is -0.101. The molecule has 3 saturated heterocycles. The number of morpholine rings is 2. The molecule has 5 rings (SSSR count). The number of ether oxygens (including phenoxy) is 2. The van der Waals surface area contributed by atoms with Gasteiger partial charge in [-0.3, -0.25) is 9.69 Å². The van der Waals surface area contributed by atoms with Gasteiger partial charge in [-0.25, -0.2) is 4.98 Å². The number of rotatable bonds is 5. The van der Waals surface area contributed by atoms with Crippen molar-refractivity contribution in [3.05, 3.63) is 35.3 Å². The molecule has 4 heterocycles. The minimum Gasteiger partial charge on any atom is -0.379 e. The Morgan fingerprint density at radius 1 is 0.906 bits per heavy atom. The second-order valence-electron chi connectivity index (χ2n) is 8.47. The van der Waals surface area contributed by atoms with Crippen molar-refractivity contribution in [2.45, 2.75) is 18.9 Å². The van der Waals surface area contributed by atoms with E-state index in [1.165, 1.54) is 11.3 Å². The Balaban J connectivity index is 1.14. The largest absolute Gasteiger partial charge is 0.379 e. The lowest BCUT2D eigenvalue weighted by Crippen LogP contribution is -2.49. The van der Waals surface area contributed by atoms with Gasteiger partial charge in [-0.15, -0.1) is 0 Å². The van der Waals surface area contributed by atoms with E-state index in [1.54, 1.807) is 6.20 Å². The number of hydrogen-bond acceptors (Lipinski definition) is 8. The predicted octanol–water partition coefficient (Wildman–Crippen LogP) is 2.53. The first-order valence-electron chi connectivity index (χ1n) is 11.5. The maximum Gasteiger partial charge on any atom is 0.267 e. The van der Waals surface area contributed by atoms with Gasteiger partial charge in [-0.1, -0.05) is 11.3 Å². The number of benzene rings is 1. The van der Waals surface area contributed by atoms with E-state index in [1.807, 2.05) is 12.1 Å².